The fourth-order valence-corrected chi connectivity index (χ4v) is 5.57. The van der Waals surface area contributed by atoms with Gasteiger partial charge in [-0.2, -0.15) is 0 Å². The van der Waals surface area contributed by atoms with E-state index >= 15 is 0 Å². The van der Waals surface area contributed by atoms with Gasteiger partial charge in [-0.15, -0.1) is 11.3 Å². The number of rotatable bonds is 6. The van der Waals surface area contributed by atoms with E-state index in [1.54, 1.807) is 13.4 Å². The Kier molecular flexibility index (Phi) is 6.11. The normalized spacial score (nSPS) is 20.1. The number of ketones is 1. The molecule has 1 aliphatic heterocycles. The summed E-state index contributed by atoms with van der Waals surface area (Å²) in [6.07, 6.45) is 2.64. The van der Waals surface area contributed by atoms with E-state index in [0.29, 0.717) is 29.7 Å². The Morgan fingerprint density at radius 2 is 1.97 bits per heavy atom. The molecule has 5 rings (SSSR count). The molecule has 2 aromatic heterocycles. The topological polar surface area (TPSA) is 77.8 Å². The molecular formula is C27H25NO5S. The van der Waals surface area contributed by atoms with Gasteiger partial charge in [0.2, 0.25) is 0 Å². The molecule has 0 fully saturated rings. The van der Waals surface area contributed by atoms with E-state index in [0.717, 1.165) is 27.6 Å². The largest absolute Gasteiger partial charge is 0.497 e. The Morgan fingerprint density at radius 1 is 1.15 bits per heavy atom. The van der Waals surface area contributed by atoms with Crippen LogP contribution < -0.4 is 10.1 Å². The predicted molar refractivity (Wildman–Crippen MR) is 128 cm³/mol. The van der Waals surface area contributed by atoms with Gasteiger partial charge in [-0.3, -0.25) is 4.79 Å². The number of carbonyl (C=O) groups is 2. The third kappa shape index (κ3) is 4.19. The highest BCUT2D eigenvalue weighted by atomic mass is 32.1. The molecule has 3 heterocycles. The number of furan rings is 1. The van der Waals surface area contributed by atoms with E-state index in [1.807, 2.05) is 60.8 Å². The quantitative estimate of drug-likeness (QED) is 0.478. The standard InChI is InChI=1S/C27H25NO5S/c1-16-24(27(30)33-15-17-7-9-19(31-2)10-8-17)26(23-6-4-12-34-23)25-20(28-16)13-18(14-21(25)29)22-5-3-11-32-22/h3-12,18,26,28H,13-15H2,1-2H3. The van der Waals surface area contributed by atoms with E-state index < -0.39 is 11.9 Å². The van der Waals surface area contributed by atoms with Crippen LogP contribution in [0.4, 0.5) is 0 Å². The number of dihydropyridines is 1. The summed E-state index contributed by atoms with van der Waals surface area (Å²) in [6.45, 7) is 2.01. The Morgan fingerprint density at radius 3 is 2.65 bits per heavy atom. The molecule has 174 valence electrons. The zero-order chi connectivity index (χ0) is 23.7. The van der Waals surface area contributed by atoms with Crippen LogP contribution in [0.1, 0.15) is 47.8 Å². The lowest BCUT2D eigenvalue weighted by Crippen LogP contribution is -2.35. The van der Waals surface area contributed by atoms with Crippen LogP contribution in [0.5, 0.6) is 5.75 Å². The van der Waals surface area contributed by atoms with Gasteiger partial charge in [0, 0.05) is 34.2 Å². The van der Waals surface area contributed by atoms with E-state index in [2.05, 4.69) is 5.32 Å². The molecule has 0 spiro atoms. The lowest BCUT2D eigenvalue weighted by molar-refractivity contribution is -0.140. The number of nitrogens with one attached hydrogen (secondary N) is 1. The van der Waals surface area contributed by atoms with Crippen molar-refractivity contribution in [1.82, 2.24) is 5.32 Å². The summed E-state index contributed by atoms with van der Waals surface area (Å²) in [5.74, 6) is 0.693. The molecule has 7 heteroatoms. The molecule has 2 aliphatic rings. The number of methoxy groups -OCH3 is 1. The van der Waals surface area contributed by atoms with Crippen molar-refractivity contribution in [3.05, 3.63) is 98.9 Å². The third-order valence-electron chi connectivity index (χ3n) is 6.35. The number of hydrogen-bond acceptors (Lipinski definition) is 7. The number of ether oxygens (including phenoxy) is 2. The van der Waals surface area contributed by atoms with Crippen molar-refractivity contribution in [2.24, 2.45) is 0 Å². The fraction of sp³-hybridized carbons (Fsp3) is 0.259. The SMILES string of the molecule is COc1ccc(COC(=O)C2=C(C)NC3=C(C(=O)CC(c4ccco4)C3)C2c2cccs2)cc1. The van der Waals surface area contributed by atoms with Gasteiger partial charge in [0.15, 0.2) is 5.78 Å². The number of allylic oxidation sites excluding steroid dienone is 3. The first-order valence-electron chi connectivity index (χ1n) is 11.2. The third-order valence-corrected chi connectivity index (χ3v) is 7.29. The van der Waals surface area contributed by atoms with Crippen molar-refractivity contribution in [2.75, 3.05) is 7.11 Å². The number of carbonyl (C=O) groups excluding carboxylic acids is 2. The summed E-state index contributed by atoms with van der Waals surface area (Å²) in [5.41, 5.74) is 3.58. The van der Waals surface area contributed by atoms with E-state index in [4.69, 9.17) is 13.9 Å². The van der Waals surface area contributed by atoms with Crippen LogP contribution >= 0.6 is 11.3 Å². The van der Waals surface area contributed by atoms with Crippen LogP contribution in [0.25, 0.3) is 0 Å². The van der Waals surface area contributed by atoms with Gasteiger partial charge in [-0.05, 0) is 54.6 Å². The highest BCUT2D eigenvalue weighted by Crippen LogP contribution is 2.46. The number of esters is 1. The maximum absolute atomic E-state index is 13.4. The summed E-state index contributed by atoms with van der Waals surface area (Å²) in [4.78, 5) is 27.7. The number of hydrogen-bond donors (Lipinski definition) is 1. The van der Waals surface area contributed by atoms with E-state index in [-0.39, 0.29) is 18.3 Å². The second-order valence-electron chi connectivity index (χ2n) is 8.47. The molecule has 2 atom stereocenters. The number of benzene rings is 1. The highest BCUT2D eigenvalue weighted by Gasteiger charge is 2.42. The first-order valence-corrected chi connectivity index (χ1v) is 12.0. The Balaban J connectivity index is 1.43. The zero-order valence-electron chi connectivity index (χ0n) is 19.0. The minimum Gasteiger partial charge on any atom is -0.497 e. The van der Waals surface area contributed by atoms with E-state index in [1.165, 1.54) is 11.3 Å². The zero-order valence-corrected chi connectivity index (χ0v) is 19.8. The van der Waals surface area contributed by atoms with Crippen molar-refractivity contribution in [2.45, 2.75) is 38.2 Å². The first kappa shape index (κ1) is 22.2. The van der Waals surface area contributed by atoms with Gasteiger partial charge < -0.3 is 19.2 Å². The van der Waals surface area contributed by atoms with Crippen molar-refractivity contribution < 1.29 is 23.5 Å². The Bertz CT molecular complexity index is 1250. The van der Waals surface area contributed by atoms with Gasteiger partial charge in [0.05, 0.1) is 24.9 Å². The molecular weight excluding hydrogens is 450 g/mol. The van der Waals surface area contributed by atoms with Crippen molar-refractivity contribution >= 4 is 23.1 Å². The van der Waals surface area contributed by atoms with Crippen LogP contribution in [-0.2, 0) is 20.9 Å². The summed E-state index contributed by atoms with van der Waals surface area (Å²) >= 11 is 1.54. The monoisotopic (exact) mass is 475 g/mol. The van der Waals surface area contributed by atoms with Crippen LogP contribution in [0.2, 0.25) is 0 Å². The minimum absolute atomic E-state index is 0.0193. The molecule has 1 N–H and O–H groups in total. The lowest BCUT2D eigenvalue weighted by Gasteiger charge is -2.35. The molecule has 34 heavy (non-hydrogen) atoms. The molecule has 0 amide bonds. The first-order chi connectivity index (χ1) is 16.5. The highest BCUT2D eigenvalue weighted by molar-refractivity contribution is 7.10. The molecule has 2 unspecified atom stereocenters. The van der Waals surface area contributed by atoms with Gasteiger partial charge in [-0.25, -0.2) is 4.79 Å². The minimum atomic E-state index is -0.440. The van der Waals surface area contributed by atoms with Crippen molar-refractivity contribution in [1.29, 1.82) is 0 Å². The van der Waals surface area contributed by atoms with Crippen LogP contribution in [0.15, 0.2) is 87.1 Å². The van der Waals surface area contributed by atoms with Crippen molar-refractivity contribution in [3.8, 4) is 5.75 Å². The maximum Gasteiger partial charge on any atom is 0.337 e. The molecule has 6 nitrogen and oxygen atoms in total. The molecule has 1 aliphatic carbocycles. The Labute approximate surface area is 201 Å². The molecule has 1 aromatic carbocycles. The molecule has 0 saturated carbocycles. The van der Waals surface area contributed by atoms with Crippen LogP contribution in [0.3, 0.4) is 0 Å². The summed E-state index contributed by atoms with van der Waals surface area (Å²) in [5, 5.41) is 5.33. The average Bonchev–Trinajstić information content (AvgIpc) is 3.56. The second-order valence-corrected chi connectivity index (χ2v) is 9.45. The summed E-state index contributed by atoms with van der Waals surface area (Å²) < 4.78 is 16.5. The van der Waals surface area contributed by atoms with Gasteiger partial charge >= 0.3 is 5.97 Å². The summed E-state index contributed by atoms with van der Waals surface area (Å²) in [7, 11) is 1.61. The fourth-order valence-electron chi connectivity index (χ4n) is 4.72. The average molecular weight is 476 g/mol. The smallest absolute Gasteiger partial charge is 0.337 e. The summed E-state index contributed by atoms with van der Waals surface area (Å²) in [6, 6.07) is 15.1. The van der Waals surface area contributed by atoms with E-state index in [9.17, 15) is 9.59 Å². The predicted octanol–water partition coefficient (Wildman–Crippen LogP) is 5.45. The molecule has 0 radical (unpaired) electrons. The van der Waals surface area contributed by atoms with Gasteiger partial charge in [0.25, 0.3) is 0 Å². The Hall–Kier alpha value is -3.58. The number of Topliss-reactive ketones (excluding diaryl/α,β-unsaturated/α-hetero) is 1. The lowest BCUT2D eigenvalue weighted by atomic mass is 9.74. The van der Waals surface area contributed by atoms with Gasteiger partial charge in [0.1, 0.15) is 18.1 Å². The molecule has 3 aromatic rings. The number of thiophene rings is 1. The van der Waals surface area contributed by atoms with Gasteiger partial charge in [-0.1, -0.05) is 18.2 Å². The maximum atomic E-state index is 13.4. The van der Waals surface area contributed by atoms with Crippen LogP contribution in [0, 0.1) is 0 Å². The second kappa shape index (κ2) is 9.35. The molecule has 0 bridgehead atoms. The molecule has 0 saturated heterocycles. The van der Waals surface area contributed by atoms with Crippen molar-refractivity contribution in [3.63, 3.8) is 0 Å². The van der Waals surface area contributed by atoms with Crippen LogP contribution in [-0.4, -0.2) is 18.9 Å².